The molecular weight excluding hydrogens is 322 g/mol. The minimum Gasteiger partial charge on any atom is -0.383 e. The van der Waals surface area contributed by atoms with Gasteiger partial charge in [0.2, 0.25) is 0 Å². The van der Waals surface area contributed by atoms with Crippen molar-refractivity contribution >= 4 is 38.2 Å². The molecule has 0 fully saturated rings. The van der Waals surface area contributed by atoms with E-state index >= 15 is 0 Å². The monoisotopic (exact) mass is 333 g/mol. The van der Waals surface area contributed by atoms with Crippen LogP contribution in [-0.2, 0) is 0 Å². The highest BCUT2D eigenvalue weighted by Gasteiger charge is 2.18. The topological polar surface area (TPSA) is 33.1 Å². The fraction of sp³-hybridized carbons (Fsp3) is 0.133. The predicted molar refractivity (Wildman–Crippen MR) is 82.6 cm³/mol. The molecule has 0 aliphatic carbocycles. The van der Waals surface area contributed by atoms with Gasteiger partial charge in [0.25, 0.3) is 0 Å². The minimum atomic E-state index is -0.624. The molecule has 2 aromatic heterocycles. The Morgan fingerprint density at radius 1 is 1.26 bits per heavy atom. The smallest absolute Gasteiger partial charge is 0.115 e. The maximum absolute atomic E-state index is 10.6. The van der Waals surface area contributed by atoms with E-state index in [2.05, 4.69) is 20.9 Å². The Morgan fingerprint density at radius 3 is 2.79 bits per heavy atom. The summed E-state index contributed by atoms with van der Waals surface area (Å²) in [7, 11) is 0. The SMILES string of the molecule is Cc1cc(C(O)c2sccc2Br)c2ccccc2n1. The maximum atomic E-state index is 10.6. The average molecular weight is 334 g/mol. The summed E-state index contributed by atoms with van der Waals surface area (Å²) in [6, 6.07) is 11.8. The van der Waals surface area contributed by atoms with Gasteiger partial charge in [-0.05, 0) is 52.0 Å². The number of halogens is 1. The van der Waals surface area contributed by atoms with E-state index in [0.29, 0.717) is 0 Å². The van der Waals surface area contributed by atoms with Crippen LogP contribution in [0.5, 0.6) is 0 Å². The number of hydrogen-bond acceptors (Lipinski definition) is 3. The van der Waals surface area contributed by atoms with Gasteiger partial charge in [-0.1, -0.05) is 18.2 Å². The van der Waals surface area contributed by atoms with Crippen LogP contribution in [0.2, 0.25) is 0 Å². The lowest BCUT2D eigenvalue weighted by molar-refractivity contribution is 0.225. The number of aliphatic hydroxyl groups excluding tert-OH is 1. The molecule has 0 saturated heterocycles. The van der Waals surface area contributed by atoms with Gasteiger partial charge >= 0.3 is 0 Å². The van der Waals surface area contributed by atoms with Crippen LogP contribution in [0.25, 0.3) is 10.9 Å². The predicted octanol–water partition coefficient (Wildman–Crippen LogP) is 4.45. The molecule has 0 radical (unpaired) electrons. The summed E-state index contributed by atoms with van der Waals surface area (Å²) in [5, 5.41) is 13.6. The van der Waals surface area contributed by atoms with Crippen molar-refractivity contribution in [3.63, 3.8) is 0 Å². The van der Waals surface area contributed by atoms with Gasteiger partial charge in [0, 0.05) is 15.6 Å². The van der Waals surface area contributed by atoms with Crippen LogP contribution in [-0.4, -0.2) is 10.1 Å². The van der Waals surface area contributed by atoms with Crippen LogP contribution in [0.15, 0.2) is 46.3 Å². The third-order valence-electron chi connectivity index (χ3n) is 3.06. The van der Waals surface area contributed by atoms with E-state index in [1.807, 2.05) is 48.7 Å². The average Bonchev–Trinajstić information content (AvgIpc) is 2.83. The lowest BCUT2D eigenvalue weighted by Crippen LogP contribution is -2.01. The zero-order valence-electron chi connectivity index (χ0n) is 10.3. The van der Waals surface area contributed by atoms with Gasteiger partial charge in [0.15, 0.2) is 0 Å². The van der Waals surface area contributed by atoms with Gasteiger partial charge in [-0.25, -0.2) is 0 Å². The zero-order valence-corrected chi connectivity index (χ0v) is 12.7. The second-order valence-corrected chi connectivity index (χ2v) is 6.21. The van der Waals surface area contributed by atoms with Crippen LogP contribution in [0.4, 0.5) is 0 Å². The van der Waals surface area contributed by atoms with Crippen LogP contribution in [0, 0.1) is 6.92 Å². The lowest BCUT2D eigenvalue weighted by Gasteiger charge is -2.14. The second kappa shape index (κ2) is 5.04. The van der Waals surface area contributed by atoms with Gasteiger partial charge < -0.3 is 5.11 Å². The van der Waals surface area contributed by atoms with Crippen LogP contribution in [0.1, 0.15) is 22.2 Å². The van der Waals surface area contributed by atoms with Crippen LogP contribution < -0.4 is 0 Å². The highest BCUT2D eigenvalue weighted by atomic mass is 79.9. The second-order valence-electron chi connectivity index (χ2n) is 4.41. The van der Waals surface area contributed by atoms with Crippen molar-refractivity contribution < 1.29 is 5.11 Å². The molecule has 0 saturated carbocycles. The minimum absolute atomic E-state index is 0.624. The molecule has 0 bridgehead atoms. The largest absolute Gasteiger partial charge is 0.383 e. The molecular formula is C15H12BrNOS. The summed E-state index contributed by atoms with van der Waals surface area (Å²) in [6.07, 6.45) is -0.624. The number of fused-ring (bicyclic) bond motifs is 1. The van der Waals surface area contributed by atoms with Crippen LogP contribution in [0.3, 0.4) is 0 Å². The molecule has 4 heteroatoms. The maximum Gasteiger partial charge on any atom is 0.115 e. The van der Waals surface area contributed by atoms with Gasteiger partial charge in [-0.15, -0.1) is 11.3 Å². The molecule has 1 unspecified atom stereocenters. The fourth-order valence-corrected chi connectivity index (χ4v) is 3.80. The fourth-order valence-electron chi connectivity index (χ4n) is 2.21. The molecule has 3 aromatic rings. The molecule has 2 nitrogen and oxygen atoms in total. The van der Waals surface area contributed by atoms with E-state index in [0.717, 1.165) is 31.5 Å². The van der Waals surface area contributed by atoms with Gasteiger partial charge in [0.05, 0.1) is 10.4 Å². The van der Waals surface area contributed by atoms with E-state index in [1.54, 1.807) is 11.3 Å². The number of aryl methyl sites for hydroxylation is 1. The summed E-state index contributed by atoms with van der Waals surface area (Å²) >= 11 is 5.03. The first-order valence-electron chi connectivity index (χ1n) is 5.94. The zero-order chi connectivity index (χ0) is 13.4. The molecule has 0 aliphatic rings. The standard InChI is InChI=1S/C15H12BrNOS/c1-9-8-11(10-4-2-3-5-13(10)17-9)14(18)15-12(16)6-7-19-15/h2-8,14,18H,1H3. The quantitative estimate of drug-likeness (QED) is 0.751. The first-order chi connectivity index (χ1) is 9.16. The molecule has 3 rings (SSSR count). The molecule has 1 atom stereocenters. The Hall–Kier alpha value is -1.23. The normalized spacial score (nSPS) is 12.8. The molecule has 1 N–H and O–H groups in total. The molecule has 2 heterocycles. The van der Waals surface area contributed by atoms with Gasteiger partial charge in [0.1, 0.15) is 6.10 Å². The Morgan fingerprint density at radius 2 is 2.05 bits per heavy atom. The van der Waals surface area contributed by atoms with Gasteiger partial charge in [-0.2, -0.15) is 0 Å². The highest BCUT2D eigenvalue weighted by molar-refractivity contribution is 9.10. The summed E-state index contributed by atoms with van der Waals surface area (Å²) < 4.78 is 0.948. The molecule has 96 valence electrons. The number of rotatable bonds is 2. The van der Waals surface area contributed by atoms with E-state index in [9.17, 15) is 5.11 Å². The van der Waals surface area contributed by atoms with E-state index in [-0.39, 0.29) is 0 Å². The first kappa shape index (κ1) is 12.8. The molecule has 0 amide bonds. The summed E-state index contributed by atoms with van der Waals surface area (Å²) in [5.74, 6) is 0. The molecule has 19 heavy (non-hydrogen) atoms. The van der Waals surface area contributed by atoms with Crippen molar-refractivity contribution in [1.29, 1.82) is 0 Å². The number of pyridine rings is 1. The van der Waals surface area contributed by atoms with Crippen molar-refractivity contribution in [3.05, 3.63) is 62.4 Å². The molecule has 0 aliphatic heterocycles. The van der Waals surface area contributed by atoms with E-state index < -0.39 is 6.10 Å². The summed E-state index contributed by atoms with van der Waals surface area (Å²) in [4.78, 5) is 5.43. The van der Waals surface area contributed by atoms with E-state index in [4.69, 9.17) is 0 Å². The Kier molecular flexibility index (Phi) is 3.39. The summed E-state index contributed by atoms with van der Waals surface area (Å²) in [5.41, 5.74) is 2.75. The van der Waals surface area contributed by atoms with Crippen molar-refractivity contribution in [3.8, 4) is 0 Å². The number of benzene rings is 1. The molecule has 0 spiro atoms. The molecule has 1 aromatic carbocycles. The lowest BCUT2D eigenvalue weighted by atomic mass is 10.0. The van der Waals surface area contributed by atoms with Crippen molar-refractivity contribution in [2.75, 3.05) is 0 Å². The van der Waals surface area contributed by atoms with Crippen molar-refractivity contribution in [2.24, 2.45) is 0 Å². The number of nitrogens with zero attached hydrogens (tertiary/aromatic N) is 1. The number of aliphatic hydroxyl groups is 1. The Bertz CT molecular complexity index is 738. The van der Waals surface area contributed by atoms with Crippen molar-refractivity contribution in [1.82, 2.24) is 4.98 Å². The third kappa shape index (κ3) is 2.31. The number of hydrogen-bond donors (Lipinski definition) is 1. The van der Waals surface area contributed by atoms with Crippen LogP contribution >= 0.6 is 27.3 Å². The first-order valence-corrected chi connectivity index (χ1v) is 7.61. The van der Waals surface area contributed by atoms with Gasteiger partial charge in [-0.3, -0.25) is 4.98 Å². The Labute approximate surface area is 123 Å². The van der Waals surface area contributed by atoms with E-state index in [1.165, 1.54) is 0 Å². The summed E-state index contributed by atoms with van der Waals surface area (Å²) in [6.45, 7) is 1.95. The Balaban J connectivity index is 2.22. The third-order valence-corrected chi connectivity index (χ3v) is 4.99. The number of thiophene rings is 1. The number of para-hydroxylation sites is 1. The van der Waals surface area contributed by atoms with Crippen molar-refractivity contribution in [2.45, 2.75) is 13.0 Å². The highest BCUT2D eigenvalue weighted by Crippen LogP contribution is 2.35. The number of aromatic nitrogens is 1.